The molecule has 0 aliphatic carbocycles. The van der Waals surface area contributed by atoms with Gasteiger partial charge in [-0.05, 0) is 12.8 Å². The van der Waals surface area contributed by atoms with Crippen molar-refractivity contribution in [2.45, 2.75) is 25.4 Å². The zero-order valence-electron chi connectivity index (χ0n) is 12.1. The Labute approximate surface area is 123 Å². The predicted molar refractivity (Wildman–Crippen MR) is 75.7 cm³/mol. The number of carbonyl (C=O) groups is 2. The number of rotatable bonds is 4. The first kappa shape index (κ1) is 14.1. The highest BCUT2D eigenvalue weighted by molar-refractivity contribution is 6.00. The van der Waals surface area contributed by atoms with Gasteiger partial charge in [0.25, 0.3) is 0 Å². The summed E-state index contributed by atoms with van der Waals surface area (Å²) in [5.41, 5.74) is 0.747. The van der Waals surface area contributed by atoms with Gasteiger partial charge in [-0.25, -0.2) is 0 Å². The summed E-state index contributed by atoms with van der Waals surface area (Å²) < 4.78 is 7.12. The van der Waals surface area contributed by atoms with E-state index in [9.17, 15) is 9.59 Å². The van der Waals surface area contributed by atoms with Gasteiger partial charge in [0, 0.05) is 39.4 Å². The topological polar surface area (TPSA) is 76.5 Å². The zero-order chi connectivity index (χ0) is 14.8. The molecule has 2 amide bonds. The van der Waals surface area contributed by atoms with Crippen LogP contribution in [0.3, 0.4) is 0 Å². The average molecular weight is 292 g/mol. The Kier molecular flexibility index (Phi) is 3.92. The van der Waals surface area contributed by atoms with Crippen molar-refractivity contribution < 1.29 is 14.3 Å². The maximum absolute atomic E-state index is 12.2. The maximum atomic E-state index is 12.2. The minimum atomic E-state index is -0.292. The lowest BCUT2D eigenvalue weighted by Crippen LogP contribution is -2.37. The summed E-state index contributed by atoms with van der Waals surface area (Å²) in [4.78, 5) is 25.8. The van der Waals surface area contributed by atoms with Crippen LogP contribution in [-0.2, 0) is 21.4 Å². The molecule has 0 spiro atoms. The van der Waals surface area contributed by atoms with Crippen molar-refractivity contribution in [3.63, 3.8) is 0 Å². The molecular weight excluding hydrogens is 272 g/mol. The van der Waals surface area contributed by atoms with E-state index in [4.69, 9.17) is 4.74 Å². The van der Waals surface area contributed by atoms with Crippen LogP contribution in [0.2, 0.25) is 0 Å². The number of anilines is 1. The Morgan fingerprint density at radius 2 is 2.43 bits per heavy atom. The van der Waals surface area contributed by atoms with Crippen LogP contribution in [0, 0.1) is 5.92 Å². The van der Waals surface area contributed by atoms with Crippen LogP contribution in [0.25, 0.3) is 0 Å². The van der Waals surface area contributed by atoms with Gasteiger partial charge < -0.3 is 15.0 Å². The van der Waals surface area contributed by atoms with Gasteiger partial charge in [-0.2, -0.15) is 5.10 Å². The second kappa shape index (κ2) is 5.85. The molecule has 114 valence electrons. The van der Waals surface area contributed by atoms with Crippen molar-refractivity contribution in [2.24, 2.45) is 13.0 Å². The van der Waals surface area contributed by atoms with Gasteiger partial charge >= 0.3 is 0 Å². The van der Waals surface area contributed by atoms with Crippen molar-refractivity contribution >= 4 is 17.5 Å². The number of carbonyl (C=O) groups excluding carboxylic acids is 2. The molecule has 0 aromatic carbocycles. The highest BCUT2D eigenvalue weighted by atomic mass is 16.5. The van der Waals surface area contributed by atoms with Gasteiger partial charge in [0.2, 0.25) is 11.8 Å². The van der Waals surface area contributed by atoms with E-state index in [-0.39, 0.29) is 30.3 Å². The van der Waals surface area contributed by atoms with Crippen LogP contribution in [0.5, 0.6) is 0 Å². The molecule has 7 nitrogen and oxygen atoms in total. The van der Waals surface area contributed by atoms with Crippen molar-refractivity contribution in [3.8, 4) is 0 Å². The third-order valence-corrected chi connectivity index (χ3v) is 4.03. The Morgan fingerprint density at radius 3 is 3.10 bits per heavy atom. The number of amides is 2. The molecule has 2 unspecified atom stereocenters. The molecule has 3 rings (SSSR count). The number of ether oxygens (including phenoxy) is 1. The summed E-state index contributed by atoms with van der Waals surface area (Å²) in [6, 6.07) is 0. The third-order valence-electron chi connectivity index (χ3n) is 4.03. The molecule has 21 heavy (non-hydrogen) atoms. The molecule has 1 aromatic rings. The standard InChI is InChI=1S/C14H20N4O3/c1-17-9-11(6-16-17)18-8-10(5-13(18)19)14(20)15-7-12-3-2-4-21-12/h6,9-10,12H,2-5,7-8H2,1H3,(H,15,20). The van der Waals surface area contributed by atoms with E-state index in [2.05, 4.69) is 10.4 Å². The molecule has 0 radical (unpaired) electrons. The Balaban J connectivity index is 1.55. The van der Waals surface area contributed by atoms with Gasteiger partial charge in [0.15, 0.2) is 0 Å². The van der Waals surface area contributed by atoms with E-state index in [0.717, 1.165) is 25.1 Å². The van der Waals surface area contributed by atoms with E-state index < -0.39 is 0 Å². The first-order chi connectivity index (χ1) is 10.1. The molecule has 0 saturated carbocycles. The highest BCUT2D eigenvalue weighted by Crippen LogP contribution is 2.24. The average Bonchev–Trinajstić information content (AvgIpc) is 3.17. The van der Waals surface area contributed by atoms with Crippen molar-refractivity contribution in [1.82, 2.24) is 15.1 Å². The summed E-state index contributed by atoms with van der Waals surface area (Å²) in [6.45, 7) is 1.73. The van der Waals surface area contributed by atoms with E-state index in [1.165, 1.54) is 0 Å². The number of nitrogens with one attached hydrogen (secondary N) is 1. The molecule has 3 heterocycles. The molecular formula is C14H20N4O3. The molecule has 1 aromatic heterocycles. The van der Waals surface area contributed by atoms with Gasteiger partial charge in [-0.15, -0.1) is 0 Å². The summed E-state index contributed by atoms with van der Waals surface area (Å²) in [6.07, 6.45) is 5.85. The summed E-state index contributed by atoms with van der Waals surface area (Å²) in [7, 11) is 1.80. The van der Waals surface area contributed by atoms with Crippen molar-refractivity contribution in [3.05, 3.63) is 12.4 Å². The zero-order valence-corrected chi connectivity index (χ0v) is 12.1. The van der Waals surface area contributed by atoms with Gasteiger partial charge in [0.05, 0.1) is 23.9 Å². The smallest absolute Gasteiger partial charge is 0.227 e. The first-order valence-corrected chi connectivity index (χ1v) is 7.32. The van der Waals surface area contributed by atoms with Crippen LogP contribution < -0.4 is 10.2 Å². The first-order valence-electron chi connectivity index (χ1n) is 7.32. The number of hydrogen-bond donors (Lipinski definition) is 1. The molecule has 2 atom stereocenters. The van der Waals surface area contributed by atoms with Gasteiger partial charge in [0.1, 0.15) is 0 Å². The second-order valence-electron chi connectivity index (χ2n) is 5.66. The van der Waals surface area contributed by atoms with Crippen LogP contribution >= 0.6 is 0 Å². The normalized spacial score (nSPS) is 25.6. The SMILES string of the molecule is Cn1cc(N2CC(C(=O)NCC3CCCO3)CC2=O)cn1. The molecule has 1 N–H and O–H groups in total. The number of aryl methyl sites for hydroxylation is 1. The molecule has 2 aliphatic heterocycles. The fraction of sp³-hybridized carbons (Fsp3) is 0.643. The third kappa shape index (κ3) is 3.07. The number of aromatic nitrogens is 2. The second-order valence-corrected chi connectivity index (χ2v) is 5.66. The monoisotopic (exact) mass is 292 g/mol. The maximum Gasteiger partial charge on any atom is 0.227 e. The van der Waals surface area contributed by atoms with E-state index in [1.807, 2.05) is 0 Å². The molecule has 0 bridgehead atoms. The number of hydrogen-bond acceptors (Lipinski definition) is 4. The van der Waals surface area contributed by atoms with E-state index in [1.54, 1.807) is 29.0 Å². The largest absolute Gasteiger partial charge is 0.376 e. The number of nitrogens with zero attached hydrogens (tertiary/aromatic N) is 3. The summed E-state index contributed by atoms with van der Waals surface area (Å²) >= 11 is 0. The molecule has 2 fully saturated rings. The molecule has 2 aliphatic rings. The van der Waals surface area contributed by atoms with Crippen LogP contribution in [-0.4, -0.2) is 47.4 Å². The van der Waals surface area contributed by atoms with Gasteiger partial charge in [-0.3, -0.25) is 14.3 Å². The lowest BCUT2D eigenvalue weighted by atomic mass is 10.1. The lowest BCUT2D eigenvalue weighted by molar-refractivity contribution is -0.126. The Bertz CT molecular complexity index is 536. The van der Waals surface area contributed by atoms with E-state index in [0.29, 0.717) is 13.1 Å². The van der Waals surface area contributed by atoms with Crippen LogP contribution in [0.15, 0.2) is 12.4 Å². The minimum Gasteiger partial charge on any atom is -0.376 e. The molecule has 2 saturated heterocycles. The summed E-state index contributed by atoms with van der Waals surface area (Å²) in [5, 5.41) is 6.96. The van der Waals surface area contributed by atoms with E-state index >= 15 is 0 Å². The quantitative estimate of drug-likeness (QED) is 0.852. The fourth-order valence-electron chi connectivity index (χ4n) is 2.84. The summed E-state index contributed by atoms with van der Waals surface area (Å²) in [5.74, 6) is -0.385. The van der Waals surface area contributed by atoms with Crippen molar-refractivity contribution in [2.75, 3.05) is 24.6 Å². The van der Waals surface area contributed by atoms with Gasteiger partial charge in [-0.1, -0.05) is 0 Å². The lowest BCUT2D eigenvalue weighted by Gasteiger charge is -2.15. The van der Waals surface area contributed by atoms with Crippen LogP contribution in [0.4, 0.5) is 5.69 Å². The minimum absolute atomic E-state index is 0.0275. The highest BCUT2D eigenvalue weighted by Gasteiger charge is 2.35. The van der Waals surface area contributed by atoms with Crippen molar-refractivity contribution in [1.29, 1.82) is 0 Å². The molecule has 7 heteroatoms. The van der Waals surface area contributed by atoms with Crippen LogP contribution in [0.1, 0.15) is 19.3 Å². The fourth-order valence-corrected chi connectivity index (χ4v) is 2.84. The Morgan fingerprint density at radius 1 is 1.57 bits per heavy atom. The predicted octanol–water partition coefficient (Wildman–Crippen LogP) is 0.0682. The Hall–Kier alpha value is -1.89.